The standard InChI is InChI=1S/C25H20F2N6S/c1-15-28-14-33(30-15)20-3-7-25-23(12-29-32(25)13-20)17-8-16(22-6-2-18(26)11-24(22)27)9-19(10-17)31-34-21-4-5-21/h2-3,6-14,21,31H,4-5H2,1H3. The summed E-state index contributed by atoms with van der Waals surface area (Å²) >= 11 is 1.68. The second-order valence-corrected chi connectivity index (χ2v) is 9.46. The molecule has 0 radical (unpaired) electrons. The summed E-state index contributed by atoms with van der Waals surface area (Å²) in [5.41, 5.74) is 5.42. The Morgan fingerprint density at radius 2 is 1.82 bits per heavy atom. The molecule has 0 atom stereocenters. The van der Waals surface area contributed by atoms with E-state index in [0.717, 1.165) is 34.1 Å². The van der Waals surface area contributed by atoms with Gasteiger partial charge in [-0.2, -0.15) is 10.2 Å². The van der Waals surface area contributed by atoms with E-state index in [-0.39, 0.29) is 0 Å². The van der Waals surface area contributed by atoms with Gasteiger partial charge in [-0.1, -0.05) is 0 Å². The number of benzene rings is 2. The minimum atomic E-state index is -0.596. The highest BCUT2D eigenvalue weighted by atomic mass is 32.2. The topological polar surface area (TPSA) is 60.0 Å². The van der Waals surface area contributed by atoms with Gasteiger partial charge in [0, 0.05) is 28.1 Å². The Labute approximate surface area is 198 Å². The van der Waals surface area contributed by atoms with Gasteiger partial charge in [-0.05, 0) is 85.3 Å². The molecular formula is C25H20F2N6S. The highest BCUT2D eigenvalue weighted by molar-refractivity contribution is 8.01. The average molecular weight is 475 g/mol. The molecule has 0 amide bonds. The zero-order chi connectivity index (χ0) is 23.2. The fraction of sp³-hybridized carbons (Fsp3) is 0.160. The first-order valence-electron chi connectivity index (χ1n) is 10.9. The number of aryl methyl sites for hydroxylation is 1. The van der Waals surface area contributed by atoms with Gasteiger partial charge in [-0.3, -0.25) is 0 Å². The van der Waals surface area contributed by atoms with Crippen molar-refractivity contribution >= 4 is 23.2 Å². The first-order chi connectivity index (χ1) is 16.5. The number of anilines is 1. The van der Waals surface area contributed by atoms with E-state index in [1.807, 2.05) is 43.5 Å². The molecule has 1 aliphatic carbocycles. The summed E-state index contributed by atoms with van der Waals surface area (Å²) in [5.74, 6) is -0.498. The predicted molar refractivity (Wildman–Crippen MR) is 130 cm³/mol. The van der Waals surface area contributed by atoms with Crippen molar-refractivity contribution in [2.45, 2.75) is 25.0 Å². The van der Waals surface area contributed by atoms with E-state index in [1.54, 1.807) is 33.7 Å². The minimum Gasteiger partial charge on any atom is -0.329 e. The van der Waals surface area contributed by atoms with Gasteiger partial charge in [0.25, 0.3) is 0 Å². The molecule has 5 aromatic rings. The third kappa shape index (κ3) is 4.03. The van der Waals surface area contributed by atoms with Crippen LogP contribution in [0.2, 0.25) is 0 Å². The normalized spacial score (nSPS) is 13.5. The van der Waals surface area contributed by atoms with Crippen LogP contribution in [0, 0.1) is 18.6 Å². The molecule has 1 fully saturated rings. The van der Waals surface area contributed by atoms with Crippen LogP contribution in [-0.4, -0.2) is 29.6 Å². The van der Waals surface area contributed by atoms with Crippen LogP contribution in [0.3, 0.4) is 0 Å². The van der Waals surface area contributed by atoms with Crippen LogP contribution >= 0.6 is 11.9 Å². The van der Waals surface area contributed by atoms with Crippen molar-refractivity contribution in [1.82, 2.24) is 24.4 Å². The Balaban J connectivity index is 1.44. The van der Waals surface area contributed by atoms with E-state index in [2.05, 4.69) is 19.9 Å². The fourth-order valence-electron chi connectivity index (χ4n) is 3.86. The van der Waals surface area contributed by atoms with E-state index in [1.165, 1.54) is 25.0 Å². The van der Waals surface area contributed by atoms with Crippen LogP contribution in [0.1, 0.15) is 18.7 Å². The number of pyridine rings is 1. The van der Waals surface area contributed by atoms with Crippen LogP contribution < -0.4 is 4.72 Å². The zero-order valence-corrected chi connectivity index (χ0v) is 19.1. The molecule has 6 rings (SSSR count). The molecule has 34 heavy (non-hydrogen) atoms. The molecule has 2 aromatic carbocycles. The summed E-state index contributed by atoms with van der Waals surface area (Å²) in [5, 5.41) is 9.50. The number of nitrogens with one attached hydrogen (secondary N) is 1. The SMILES string of the molecule is Cc1ncn(-c2ccc3c(-c4cc(NSC5CC5)cc(-c5ccc(F)cc5F)c4)cnn3c2)n1. The lowest BCUT2D eigenvalue weighted by Gasteiger charge is -2.12. The van der Waals surface area contributed by atoms with E-state index >= 15 is 0 Å². The molecular weight excluding hydrogens is 454 g/mol. The Morgan fingerprint density at radius 1 is 1.00 bits per heavy atom. The predicted octanol–water partition coefficient (Wildman–Crippen LogP) is 6.06. The number of hydrogen-bond donors (Lipinski definition) is 1. The molecule has 170 valence electrons. The van der Waals surface area contributed by atoms with Crippen LogP contribution in [-0.2, 0) is 0 Å². The maximum Gasteiger partial charge on any atom is 0.147 e. The Bertz CT molecular complexity index is 1520. The van der Waals surface area contributed by atoms with Crippen molar-refractivity contribution in [3.63, 3.8) is 0 Å². The fourth-order valence-corrected chi connectivity index (χ4v) is 4.65. The molecule has 1 N–H and O–H groups in total. The molecule has 0 saturated heterocycles. The highest BCUT2D eigenvalue weighted by Crippen LogP contribution is 2.38. The van der Waals surface area contributed by atoms with E-state index in [9.17, 15) is 8.78 Å². The van der Waals surface area contributed by atoms with Gasteiger partial charge in [0.1, 0.15) is 23.8 Å². The molecule has 3 aromatic heterocycles. The van der Waals surface area contributed by atoms with Gasteiger partial charge in [0.2, 0.25) is 0 Å². The number of hydrogen-bond acceptors (Lipinski definition) is 5. The minimum absolute atomic E-state index is 0.350. The monoisotopic (exact) mass is 474 g/mol. The number of rotatable bonds is 6. The lowest BCUT2D eigenvalue weighted by atomic mass is 9.98. The molecule has 6 nitrogen and oxygen atoms in total. The van der Waals surface area contributed by atoms with Crippen molar-refractivity contribution < 1.29 is 8.78 Å². The van der Waals surface area contributed by atoms with Gasteiger partial charge in [-0.15, -0.1) is 0 Å². The van der Waals surface area contributed by atoms with E-state index in [4.69, 9.17) is 0 Å². The van der Waals surface area contributed by atoms with E-state index in [0.29, 0.717) is 22.2 Å². The van der Waals surface area contributed by atoms with Crippen molar-refractivity contribution in [1.29, 1.82) is 0 Å². The van der Waals surface area contributed by atoms with Crippen molar-refractivity contribution in [2.75, 3.05) is 4.72 Å². The molecule has 0 aliphatic heterocycles. The summed E-state index contributed by atoms with van der Waals surface area (Å²) in [6, 6.07) is 13.4. The number of nitrogens with zero attached hydrogens (tertiary/aromatic N) is 5. The first-order valence-corrected chi connectivity index (χ1v) is 11.8. The lowest BCUT2D eigenvalue weighted by molar-refractivity contribution is 0.585. The molecule has 3 heterocycles. The lowest BCUT2D eigenvalue weighted by Crippen LogP contribution is -1.98. The van der Waals surface area contributed by atoms with Gasteiger partial charge in [0.15, 0.2) is 0 Å². The number of fused-ring (bicyclic) bond motifs is 1. The molecule has 1 aliphatic rings. The van der Waals surface area contributed by atoms with E-state index < -0.39 is 11.6 Å². The Morgan fingerprint density at radius 3 is 2.56 bits per heavy atom. The zero-order valence-electron chi connectivity index (χ0n) is 18.2. The maximum absolute atomic E-state index is 14.6. The Kier molecular flexibility index (Phi) is 5.06. The molecule has 9 heteroatoms. The third-order valence-electron chi connectivity index (χ3n) is 5.73. The van der Waals surface area contributed by atoms with Gasteiger partial charge in [0.05, 0.1) is 23.6 Å². The molecule has 0 unspecified atom stereocenters. The average Bonchev–Trinajstić information content (AvgIpc) is 3.40. The Hall–Kier alpha value is -3.72. The summed E-state index contributed by atoms with van der Waals surface area (Å²) in [4.78, 5) is 4.18. The number of aromatic nitrogens is 5. The number of halogens is 2. The second kappa shape index (κ2) is 8.25. The quantitative estimate of drug-likeness (QED) is 0.303. The van der Waals surface area contributed by atoms with Gasteiger partial charge >= 0.3 is 0 Å². The molecule has 0 bridgehead atoms. The van der Waals surface area contributed by atoms with Crippen LogP contribution in [0.15, 0.2) is 67.3 Å². The highest BCUT2D eigenvalue weighted by Gasteiger charge is 2.22. The summed E-state index contributed by atoms with van der Waals surface area (Å²) in [6.07, 6.45) is 7.73. The van der Waals surface area contributed by atoms with Crippen molar-refractivity contribution in [3.8, 4) is 27.9 Å². The molecule has 1 saturated carbocycles. The summed E-state index contributed by atoms with van der Waals surface area (Å²) in [6.45, 7) is 1.84. The molecule has 0 spiro atoms. The van der Waals surface area contributed by atoms with Gasteiger partial charge < -0.3 is 4.72 Å². The summed E-state index contributed by atoms with van der Waals surface area (Å²) < 4.78 is 35.0. The van der Waals surface area contributed by atoms with Crippen molar-refractivity contribution in [3.05, 3.63) is 84.7 Å². The third-order valence-corrected chi connectivity index (χ3v) is 6.88. The summed E-state index contributed by atoms with van der Waals surface area (Å²) in [7, 11) is 0. The smallest absolute Gasteiger partial charge is 0.147 e. The van der Waals surface area contributed by atoms with Crippen LogP contribution in [0.5, 0.6) is 0 Å². The van der Waals surface area contributed by atoms with Gasteiger partial charge in [-0.25, -0.2) is 23.0 Å². The van der Waals surface area contributed by atoms with Crippen LogP contribution in [0.25, 0.3) is 33.5 Å². The first kappa shape index (κ1) is 20.9. The van der Waals surface area contributed by atoms with Crippen molar-refractivity contribution in [2.24, 2.45) is 0 Å². The maximum atomic E-state index is 14.6. The second-order valence-electron chi connectivity index (χ2n) is 8.35. The largest absolute Gasteiger partial charge is 0.329 e. The van der Waals surface area contributed by atoms with Crippen LogP contribution in [0.4, 0.5) is 14.5 Å².